The molecule has 1 unspecified atom stereocenters. The quantitative estimate of drug-likeness (QED) is 0.520. The highest BCUT2D eigenvalue weighted by Gasteiger charge is 2.20. The van der Waals surface area contributed by atoms with Crippen LogP contribution in [0.15, 0.2) is 60.8 Å². The van der Waals surface area contributed by atoms with E-state index < -0.39 is 0 Å². The van der Waals surface area contributed by atoms with E-state index in [1.807, 2.05) is 31.2 Å². The lowest BCUT2D eigenvalue weighted by molar-refractivity contribution is 0.0932. The van der Waals surface area contributed by atoms with Crippen molar-refractivity contribution in [3.63, 3.8) is 0 Å². The number of rotatable bonds is 5. The second-order valence-electron chi connectivity index (χ2n) is 7.83. The Hall–Kier alpha value is -3.47. The minimum absolute atomic E-state index is 0.204. The number of fused-ring (bicyclic) bond motifs is 1. The van der Waals surface area contributed by atoms with Crippen LogP contribution >= 0.6 is 0 Å². The minimum Gasteiger partial charge on any atom is -0.341 e. The highest BCUT2D eigenvalue weighted by atomic mass is 16.1. The van der Waals surface area contributed by atoms with Crippen molar-refractivity contribution in [2.45, 2.75) is 40.3 Å². The number of carbonyl (C=O) groups excluding carboxylic acids is 1. The molecule has 0 aliphatic carbocycles. The molecule has 2 aromatic carbocycles. The van der Waals surface area contributed by atoms with Crippen LogP contribution in [-0.4, -0.2) is 20.4 Å². The fraction of sp³-hybridized carbons (Fsp3) is 0.240. The monoisotopic (exact) mass is 398 g/mol. The van der Waals surface area contributed by atoms with Crippen LogP contribution in [-0.2, 0) is 6.54 Å². The zero-order chi connectivity index (χ0) is 21.3. The first kappa shape index (κ1) is 19.8. The summed E-state index contributed by atoms with van der Waals surface area (Å²) in [6, 6.07) is 17.6. The predicted molar refractivity (Wildman–Crippen MR) is 120 cm³/mol. The van der Waals surface area contributed by atoms with Gasteiger partial charge >= 0.3 is 0 Å². The number of imidazole rings is 1. The highest BCUT2D eigenvalue weighted by molar-refractivity contribution is 5.92. The summed E-state index contributed by atoms with van der Waals surface area (Å²) in [7, 11) is 0. The maximum Gasteiger partial charge on any atom is 0.270 e. The van der Waals surface area contributed by atoms with Crippen LogP contribution in [0.3, 0.4) is 0 Å². The molecule has 152 valence electrons. The molecule has 0 spiro atoms. The topological polar surface area (TPSA) is 59.8 Å². The van der Waals surface area contributed by atoms with Gasteiger partial charge in [0.1, 0.15) is 11.5 Å². The van der Waals surface area contributed by atoms with E-state index in [-0.39, 0.29) is 11.9 Å². The molecule has 1 atom stereocenters. The molecule has 1 amide bonds. The summed E-state index contributed by atoms with van der Waals surface area (Å²) in [5, 5.41) is 3.05. The second-order valence-corrected chi connectivity index (χ2v) is 7.83. The van der Waals surface area contributed by atoms with Crippen LogP contribution in [0.1, 0.15) is 51.5 Å². The number of nitrogens with one attached hydrogen (secondary N) is 1. The number of benzene rings is 2. The Labute approximate surface area is 176 Å². The Kier molecular flexibility index (Phi) is 5.36. The van der Waals surface area contributed by atoms with Crippen LogP contribution in [0.5, 0.6) is 0 Å². The number of nitrogens with zero attached hydrogens (tertiary/aromatic N) is 3. The average Bonchev–Trinajstić information content (AvgIpc) is 3.10. The standard InChI is InChI=1S/C25H26N4O/c1-16-13-17(2)20(18(3)14-16)15-29-23-11-6-5-9-21(23)28-24(29)19(4)27-25(30)22-10-7-8-12-26-22/h5-14,19H,15H2,1-4H3,(H,27,30). The lowest BCUT2D eigenvalue weighted by atomic mass is 9.99. The normalized spacial score (nSPS) is 12.1. The van der Waals surface area contributed by atoms with Crippen molar-refractivity contribution in [3.05, 3.63) is 94.6 Å². The number of hydrogen-bond donors (Lipinski definition) is 1. The Balaban J connectivity index is 1.73. The molecule has 2 aromatic heterocycles. The van der Waals surface area contributed by atoms with Crippen molar-refractivity contribution in [2.24, 2.45) is 0 Å². The molecule has 5 nitrogen and oxygen atoms in total. The van der Waals surface area contributed by atoms with Gasteiger partial charge in [-0.15, -0.1) is 0 Å². The predicted octanol–water partition coefficient (Wildman–Crippen LogP) is 4.90. The fourth-order valence-corrected chi connectivity index (χ4v) is 4.04. The zero-order valence-corrected chi connectivity index (χ0v) is 17.8. The molecule has 5 heteroatoms. The van der Waals surface area contributed by atoms with Gasteiger partial charge in [0.25, 0.3) is 5.91 Å². The Bertz CT molecular complexity index is 1190. The van der Waals surface area contributed by atoms with Gasteiger partial charge in [-0.05, 0) is 68.7 Å². The number of amides is 1. The SMILES string of the molecule is Cc1cc(C)c(Cn2c(C(C)NC(=O)c3ccccn3)nc3ccccc32)c(C)c1. The first-order chi connectivity index (χ1) is 14.4. The lowest BCUT2D eigenvalue weighted by Gasteiger charge is -2.18. The van der Waals surface area contributed by atoms with Gasteiger partial charge in [-0.3, -0.25) is 9.78 Å². The summed E-state index contributed by atoms with van der Waals surface area (Å²) in [6.07, 6.45) is 1.62. The Morgan fingerprint density at radius 1 is 1.03 bits per heavy atom. The van der Waals surface area contributed by atoms with Crippen molar-refractivity contribution in [3.8, 4) is 0 Å². The van der Waals surface area contributed by atoms with Gasteiger partial charge in [-0.2, -0.15) is 0 Å². The molecule has 4 rings (SSSR count). The summed E-state index contributed by atoms with van der Waals surface area (Å²) in [4.78, 5) is 21.7. The molecule has 4 aromatic rings. The van der Waals surface area contributed by atoms with Crippen LogP contribution in [0.2, 0.25) is 0 Å². The van der Waals surface area contributed by atoms with E-state index in [2.05, 4.69) is 53.8 Å². The van der Waals surface area contributed by atoms with Crippen LogP contribution in [0.25, 0.3) is 11.0 Å². The van der Waals surface area contributed by atoms with E-state index in [4.69, 9.17) is 4.98 Å². The summed E-state index contributed by atoms with van der Waals surface area (Å²) >= 11 is 0. The fourth-order valence-electron chi connectivity index (χ4n) is 4.04. The van der Waals surface area contributed by atoms with Crippen molar-refractivity contribution >= 4 is 16.9 Å². The number of aryl methyl sites for hydroxylation is 3. The van der Waals surface area contributed by atoms with Crippen molar-refractivity contribution < 1.29 is 4.79 Å². The van der Waals surface area contributed by atoms with Crippen molar-refractivity contribution in [1.82, 2.24) is 19.9 Å². The Morgan fingerprint density at radius 2 is 1.73 bits per heavy atom. The molecule has 0 bridgehead atoms. The van der Waals surface area contributed by atoms with Crippen molar-refractivity contribution in [2.75, 3.05) is 0 Å². The van der Waals surface area contributed by atoms with Crippen LogP contribution in [0.4, 0.5) is 0 Å². The lowest BCUT2D eigenvalue weighted by Crippen LogP contribution is -2.29. The third-order valence-electron chi connectivity index (χ3n) is 5.47. The molecule has 2 heterocycles. The summed E-state index contributed by atoms with van der Waals surface area (Å²) in [6.45, 7) is 9.10. The van der Waals surface area contributed by atoms with Crippen LogP contribution in [0, 0.1) is 20.8 Å². The van der Waals surface area contributed by atoms with E-state index in [1.165, 1.54) is 22.3 Å². The molecule has 1 N–H and O–H groups in total. The molecule has 0 aliphatic heterocycles. The average molecular weight is 399 g/mol. The summed E-state index contributed by atoms with van der Waals surface area (Å²) in [5.74, 6) is 0.629. The van der Waals surface area contributed by atoms with E-state index >= 15 is 0 Å². The summed E-state index contributed by atoms with van der Waals surface area (Å²) < 4.78 is 2.21. The van der Waals surface area contributed by atoms with Gasteiger partial charge in [0.05, 0.1) is 17.1 Å². The van der Waals surface area contributed by atoms with Gasteiger partial charge in [0.15, 0.2) is 0 Å². The van der Waals surface area contributed by atoms with E-state index in [0.717, 1.165) is 16.9 Å². The third kappa shape index (κ3) is 3.83. The number of pyridine rings is 1. The van der Waals surface area contributed by atoms with Gasteiger partial charge in [-0.25, -0.2) is 4.98 Å². The number of carbonyl (C=O) groups is 1. The minimum atomic E-state index is -0.266. The molecular weight excluding hydrogens is 372 g/mol. The summed E-state index contributed by atoms with van der Waals surface area (Å²) in [5.41, 5.74) is 7.47. The van der Waals surface area contributed by atoms with Gasteiger partial charge in [0, 0.05) is 12.7 Å². The van der Waals surface area contributed by atoms with Gasteiger partial charge in [0.2, 0.25) is 0 Å². The van der Waals surface area contributed by atoms with E-state index in [9.17, 15) is 4.79 Å². The third-order valence-corrected chi connectivity index (χ3v) is 5.47. The first-order valence-electron chi connectivity index (χ1n) is 10.2. The maximum absolute atomic E-state index is 12.6. The molecule has 0 fully saturated rings. The second kappa shape index (κ2) is 8.11. The molecular formula is C25H26N4O. The molecule has 0 radical (unpaired) electrons. The van der Waals surface area contributed by atoms with Gasteiger partial charge in [-0.1, -0.05) is 35.9 Å². The molecule has 0 saturated carbocycles. The van der Waals surface area contributed by atoms with E-state index in [0.29, 0.717) is 12.2 Å². The zero-order valence-electron chi connectivity index (χ0n) is 17.8. The molecule has 30 heavy (non-hydrogen) atoms. The smallest absolute Gasteiger partial charge is 0.270 e. The largest absolute Gasteiger partial charge is 0.341 e. The number of para-hydroxylation sites is 2. The highest BCUT2D eigenvalue weighted by Crippen LogP contribution is 2.25. The van der Waals surface area contributed by atoms with E-state index in [1.54, 1.807) is 18.3 Å². The Morgan fingerprint density at radius 3 is 2.43 bits per heavy atom. The maximum atomic E-state index is 12.6. The first-order valence-corrected chi connectivity index (χ1v) is 10.2. The molecule has 0 saturated heterocycles. The van der Waals surface area contributed by atoms with Crippen molar-refractivity contribution in [1.29, 1.82) is 0 Å². The number of aromatic nitrogens is 3. The molecule has 0 aliphatic rings. The van der Waals surface area contributed by atoms with Crippen LogP contribution < -0.4 is 5.32 Å². The number of hydrogen-bond acceptors (Lipinski definition) is 3. The van der Waals surface area contributed by atoms with Gasteiger partial charge < -0.3 is 9.88 Å².